The van der Waals surface area contributed by atoms with Gasteiger partial charge in [-0.15, -0.1) is 0 Å². The smallest absolute Gasteiger partial charge is 0.125 e. The van der Waals surface area contributed by atoms with Crippen molar-refractivity contribution < 1.29 is 9.50 Å². The predicted molar refractivity (Wildman–Crippen MR) is 72.2 cm³/mol. The first-order valence-corrected chi connectivity index (χ1v) is 6.55. The summed E-state index contributed by atoms with van der Waals surface area (Å²) in [7, 11) is 0. The Bertz CT molecular complexity index is 424. The van der Waals surface area contributed by atoms with E-state index < -0.39 is 0 Å². The van der Waals surface area contributed by atoms with Crippen LogP contribution < -0.4 is 5.32 Å². The molecule has 0 spiro atoms. The van der Waals surface area contributed by atoms with E-state index in [2.05, 4.69) is 19.2 Å². The van der Waals surface area contributed by atoms with E-state index in [1.807, 2.05) is 13.0 Å². The largest absolute Gasteiger partial charge is 0.394 e. The second-order valence-electron chi connectivity index (χ2n) is 6.12. The van der Waals surface area contributed by atoms with Crippen molar-refractivity contribution in [2.75, 3.05) is 11.9 Å². The second kappa shape index (κ2) is 4.54. The Labute approximate surface area is 108 Å². The van der Waals surface area contributed by atoms with E-state index in [9.17, 15) is 9.50 Å². The van der Waals surface area contributed by atoms with Gasteiger partial charge < -0.3 is 10.4 Å². The highest BCUT2D eigenvalue weighted by atomic mass is 19.1. The Morgan fingerprint density at radius 3 is 2.50 bits per heavy atom. The van der Waals surface area contributed by atoms with E-state index in [1.165, 1.54) is 12.1 Å². The normalized spacial score (nSPS) is 26.3. The van der Waals surface area contributed by atoms with Crippen molar-refractivity contribution in [2.24, 2.45) is 5.41 Å². The van der Waals surface area contributed by atoms with Crippen molar-refractivity contribution in [1.29, 1.82) is 0 Å². The minimum Gasteiger partial charge on any atom is -0.394 e. The van der Waals surface area contributed by atoms with Gasteiger partial charge in [0.05, 0.1) is 12.1 Å². The van der Waals surface area contributed by atoms with Gasteiger partial charge in [-0.25, -0.2) is 4.39 Å². The van der Waals surface area contributed by atoms with E-state index >= 15 is 0 Å². The molecule has 2 nitrogen and oxygen atoms in total. The number of aliphatic hydroxyl groups excluding tert-OH is 1. The molecule has 0 aromatic heterocycles. The molecule has 2 rings (SSSR count). The number of hydrogen-bond donors (Lipinski definition) is 2. The van der Waals surface area contributed by atoms with Gasteiger partial charge in [0.1, 0.15) is 5.82 Å². The molecule has 0 heterocycles. The molecule has 0 bridgehead atoms. The molecule has 1 aromatic rings. The van der Waals surface area contributed by atoms with E-state index in [1.54, 1.807) is 0 Å². The average Bonchev–Trinajstić information content (AvgIpc) is 2.53. The average molecular weight is 251 g/mol. The van der Waals surface area contributed by atoms with E-state index in [4.69, 9.17) is 0 Å². The van der Waals surface area contributed by atoms with Crippen LogP contribution in [0.15, 0.2) is 18.2 Å². The zero-order chi connectivity index (χ0) is 13.4. The summed E-state index contributed by atoms with van der Waals surface area (Å²) in [6.07, 6.45) is 3.09. The zero-order valence-electron chi connectivity index (χ0n) is 11.4. The Morgan fingerprint density at radius 1 is 1.28 bits per heavy atom. The minimum atomic E-state index is -0.340. The van der Waals surface area contributed by atoms with E-state index in [0.29, 0.717) is 0 Å². The van der Waals surface area contributed by atoms with E-state index in [0.717, 1.165) is 30.5 Å². The lowest BCUT2D eigenvalue weighted by molar-refractivity contribution is 0.128. The highest BCUT2D eigenvalue weighted by Crippen LogP contribution is 2.47. The number of rotatable bonds is 3. The molecule has 1 aromatic carbocycles. The fourth-order valence-corrected chi connectivity index (χ4v) is 3.06. The van der Waals surface area contributed by atoms with Gasteiger partial charge in [-0.3, -0.25) is 0 Å². The van der Waals surface area contributed by atoms with Gasteiger partial charge in [-0.2, -0.15) is 0 Å². The molecule has 1 atom stereocenters. The topological polar surface area (TPSA) is 32.3 Å². The number of benzene rings is 1. The van der Waals surface area contributed by atoms with Gasteiger partial charge in [0, 0.05) is 5.69 Å². The van der Waals surface area contributed by atoms with Crippen molar-refractivity contribution in [2.45, 2.75) is 45.6 Å². The van der Waals surface area contributed by atoms with Crippen LogP contribution >= 0.6 is 0 Å². The van der Waals surface area contributed by atoms with Crippen molar-refractivity contribution in [1.82, 2.24) is 0 Å². The van der Waals surface area contributed by atoms with Crippen molar-refractivity contribution in [3.63, 3.8) is 0 Å². The summed E-state index contributed by atoms with van der Waals surface area (Å²) < 4.78 is 13.4. The lowest BCUT2D eigenvalue weighted by Crippen LogP contribution is -2.50. The lowest BCUT2D eigenvalue weighted by atomic mass is 9.75. The number of nitrogens with one attached hydrogen (secondary N) is 1. The first-order valence-electron chi connectivity index (χ1n) is 6.55. The van der Waals surface area contributed by atoms with Gasteiger partial charge in [0.2, 0.25) is 0 Å². The Hall–Kier alpha value is -1.09. The van der Waals surface area contributed by atoms with Gasteiger partial charge in [0.15, 0.2) is 0 Å². The third kappa shape index (κ3) is 2.24. The molecule has 1 aliphatic rings. The van der Waals surface area contributed by atoms with Gasteiger partial charge in [-0.1, -0.05) is 20.3 Å². The first-order chi connectivity index (χ1) is 8.38. The second-order valence-corrected chi connectivity index (χ2v) is 6.12. The summed E-state index contributed by atoms with van der Waals surface area (Å²) in [5.41, 5.74) is 1.33. The summed E-state index contributed by atoms with van der Waals surface area (Å²) in [6.45, 7) is 6.28. The third-order valence-corrected chi connectivity index (χ3v) is 4.40. The maximum absolute atomic E-state index is 13.4. The SMILES string of the molecule is Cc1cc(F)cc(NC2(CO)CCCC2(C)C)c1. The maximum Gasteiger partial charge on any atom is 0.125 e. The van der Waals surface area contributed by atoms with Crippen LogP contribution in [-0.4, -0.2) is 17.3 Å². The molecule has 0 aliphatic heterocycles. The standard InChI is InChI=1S/C15H22FNO/c1-11-7-12(16)9-13(8-11)17-15(10-18)6-4-5-14(15,2)3/h7-9,17-18H,4-6,10H2,1-3H3. The third-order valence-electron chi connectivity index (χ3n) is 4.40. The van der Waals surface area contributed by atoms with Crippen LogP contribution in [0.4, 0.5) is 10.1 Å². The molecule has 0 saturated heterocycles. The van der Waals surface area contributed by atoms with Crippen LogP contribution in [0, 0.1) is 18.2 Å². The summed E-state index contributed by atoms with van der Waals surface area (Å²) in [6, 6.07) is 4.93. The fourth-order valence-electron chi connectivity index (χ4n) is 3.06. The summed E-state index contributed by atoms with van der Waals surface area (Å²) >= 11 is 0. The van der Waals surface area contributed by atoms with Crippen LogP contribution in [0.3, 0.4) is 0 Å². The van der Waals surface area contributed by atoms with Crippen LogP contribution in [0.5, 0.6) is 0 Å². The number of halogens is 1. The predicted octanol–water partition coefficient (Wildman–Crippen LogP) is 3.49. The van der Waals surface area contributed by atoms with Gasteiger partial charge >= 0.3 is 0 Å². The Morgan fingerprint density at radius 2 is 2.00 bits per heavy atom. The van der Waals surface area contributed by atoms with Crippen molar-refractivity contribution in [3.05, 3.63) is 29.6 Å². The highest BCUT2D eigenvalue weighted by molar-refractivity contribution is 5.49. The Kier molecular flexibility index (Phi) is 3.37. The molecule has 3 heteroatoms. The molecule has 1 saturated carbocycles. The zero-order valence-corrected chi connectivity index (χ0v) is 11.4. The molecular formula is C15H22FNO. The van der Waals surface area contributed by atoms with Crippen LogP contribution in [0.1, 0.15) is 38.7 Å². The molecule has 1 unspecified atom stereocenters. The summed E-state index contributed by atoms with van der Waals surface area (Å²) in [5, 5.41) is 13.2. The van der Waals surface area contributed by atoms with Crippen LogP contribution in [0.25, 0.3) is 0 Å². The molecule has 1 aliphatic carbocycles. The summed E-state index contributed by atoms with van der Waals surface area (Å²) in [5.74, 6) is -0.235. The number of anilines is 1. The first kappa shape index (κ1) is 13.3. The van der Waals surface area contributed by atoms with Crippen LogP contribution in [0.2, 0.25) is 0 Å². The van der Waals surface area contributed by atoms with Crippen molar-refractivity contribution >= 4 is 5.69 Å². The monoisotopic (exact) mass is 251 g/mol. The quantitative estimate of drug-likeness (QED) is 0.862. The maximum atomic E-state index is 13.4. The number of hydrogen-bond acceptors (Lipinski definition) is 2. The molecular weight excluding hydrogens is 229 g/mol. The highest BCUT2D eigenvalue weighted by Gasteiger charge is 2.48. The van der Waals surface area contributed by atoms with Gasteiger partial charge in [0.25, 0.3) is 0 Å². The van der Waals surface area contributed by atoms with Crippen LogP contribution in [-0.2, 0) is 0 Å². The Balaban J connectivity index is 2.31. The fraction of sp³-hybridized carbons (Fsp3) is 0.600. The molecule has 0 radical (unpaired) electrons. The summed E-state index contributed by atoms with van der Waals surface area (Å²) in [4.78, 5) is 0. The molecule has 2 N–H and O–H groups in total. The molecule has 100 valence electrons. The molecule has 1 fully saturated rings. The number of aliphatic hydroxyl groups is 1. The molecule has 18 heavy (non-hydrogen) atoms. The van der Waals surface area contributed by atoms with Gasteiger partial charge in [-0.05, 0) is 48.9 Å². The molecule has 0 amide bonds. The van der Waals surface area contributed by atoms with Crippen molar-refractivity contribution in [3.8, 4) is 0 Å². The lowest BCUT2D eigenvalue weighted by Gasteiger charge is -2.41. The minimum absolute atomic E-state index is 0.0158. The van der Waals surface area contributed by atoms with E-state index in [-0.39, 0.29) is 23.4 Å². The number of aryl methyl sites for hydroxylation is 1.